The molecule has 6 nitrogen and oxygen atoms in total. The van der Waals surface area contributed by atoms with Gasteiger partial charge in [-0.25, -0.2) is 8.42 Å². The highest BCUT2D eigenvalue weighted by molar-refractivity contribution is 7.91. The Morgan fingerprint density at radius 3 is 2.48 bits per heavy atom. The average Bonchev–Trinajstić information content (AvgIpc) is 2.86. The molecular formula is C16H30N2O4S. The van der Waals surface area contributed by atoms with Crippen molar-refractivity contribution in [2.75, 3.05) is 50.9 Å². The third-order valence-corrected chi connectivity index (χ3v) is 6.65. The second-order valence-electron chi connectivity index (χ2n) is 7.25. The van der Waals surface area contributed by atoms with Crippen LogP contribution < -0.4 is 0 Å². The molecule has 0 saturated carbocycles. The Morgan fingerprint density at radius 2 is 1.87 bits per heavy atom. The molecule has 0 aromatic heterocycles. The second kappa shape index (κ2) is 7.94. The van der Waals surface area contributed by atoms with Crippen molar-refractivity contribution in [2.24, 2.45) is 11.8 Å². The van der Waals surface area contributed by atoms with E-state index in [1.807, 2.05) is 18.7 Å². The fourth-order valence-electron chi connectivity index (χ4n) is 3.53. The standard InChI is InChI=1S/C16H30N2O4S/c1-13(2)12-23(20,21)9-4-16(19)18-10-14(3)15(11-18)17-5-7-22-8-6-17/h13-15H,4-12H2,1-3H3/t14-,15-/m0/s1. The van der Waals surface area contributed by atoms with Crippen LogP contribution in [-0.4, -0.2) is 81.1 Å². The molecule has 2 heterocycles. The first kappa shape index (κ1) is 18.7. The summed E-state index contributed by atoms with van der Waals surface area (Å²) in [6.45, 7) is 10.7. The lowest BCUT2D eigenvalue weighted by atomic mass is 10.0. The molecule has 0 N–H and O–H groups in total. The van der Waals surface area contributed by atoms with Crippen LogP contribution in [0.5, 0.6) is 0 Å². The SMILES string of the molecule is CC(C)CS(=O)(=O)CCC(=O)N1C[C@H](C)[C@@H](N2CCOCC2)C1. The number of hydrogen-bond acceptors (Lipinski definition) is 5. The molecule has 23 heavy (non-hydrogen) atoms. The molecule has 0 radical (unpaired) electrons. The number of ether oxygens (including phenoxy) is 1. The number of likely N-dealkylation sites (tertiary alicyclic amines) is 1. The van der Waals surface area contributed by atoms with E-state index in [4.69, 9.17) is 4.74 Å². The summed E-state index contributed by atoms with van der Waals surface area (Å²) in [4.78, 5) is 16.6. The van der Waals surface area contributed by atoms with E-state index in [0.29, 0.717) is 18.5 Å². The van der Waals surface area contributed by atoms with Crippen LogP contribution in [-0.2, 0) is 19.4 Å². The van der Waals surface area contributed by atoms with Crippen molar-refractivity contribution in [2.45, 2.75) is 33.2 Å². The van der Waals surface area contributed by atoms with Crippen molar-refractivity contribution >= 4 is 15.7 Å². The van der Waals surface area contributed by atoms with Crippen molar-refractivity contribution in [3.8, 4) is 0 Å². The van der Waals surface area contributed by atoms with Gasteiger partial charge in [-0.3, -0.25) is 9.69 Å². The summed E-state index contributed by atoms with van der Waals surface area (Å²) in [5, 5.41) is 0. The quantitative estimate of drug-likeness (QED) is 0.706. The molecule has 0 aromatic carbocycles. The molecule has 2 atom stereocenters. The van der Waals surface area contributed by atoms with Crippen LogP contribution in [0.4, 0.5) is 0 Å². The zero-order valence-electron chi connectivity index (χ0n) is 14.5. The normalized spacial score (nSPS) is 26.9. The molecule has 134 valence electrons. The Morgan fingerprint density at radius 1 is 1.22 bits per heavy atom. The molecule has 2 saturated heterocycles. The van der Waals surface area contributed by atoms with Crippen LogP contribution in [0, 0.1) is 11.8 Å². The predicted octanol–water partition coefficient (Wildman–Crippen LogP) is 0.626. The highest BCUT2D eigenvalue weighted by Crippen LogP contribution is 2.23. The van der Waals surface area contributed by atoms with Gasteiger partial charge >= 0.3 is 0 Å². The molecule has 0 unspecified atom stereocenters. The molecule has 2 aliphatic heterocycles. The second-order valence-corrected chi connectivity index (χ2v) is 9.48. The van der Waals surface area contributed by atoms with Gasteiger partial charge in [-0.1, -0.05) is 20.8 Å². The van der Waals surface area contributed by atoms with Crippen LogP contribution in [0.15, 0.2) is 0 Å². The van der Waals surface area contributed by atoms with Crippen LogP contribution >= 0.6 is 0 Å². The van der Waals surface area contributed by atoms with Crippen molar-refractivity contribution in [1.82, 2.24) is 9.80 Å². The molecule has 1 amide bonds. The first-order valence-corrected chi connectivity index (χ1v) is 10.4. The maximum atomic E-state index is 12.4. The monoisotopic (exact) mass is 346 g/mol. The number of amides is 1. The maximum Gasteiger partial charge on any atom is 0.223 e. The van der Waals surface area contributed by atoms with Gasteiger partial charge in [0, 0.05) is 38.6 Å². The minimum Gasteiger partial charge on any atom is -0.379 e. The van der Waals surface area contributed by atoms with Gasteiger partial charge in [-0.15, -0.1) is 0 Å². The maximum absolute atomic E-state index is 12.4. The predicted molar refractivity (Wildman–Crippen MR) is 90.0 cm³/mol. The summed E-state index contributed by atoms with van der Waals surface area (Å²) in [6.07, 6.45) is 0.109. The largest absolute Gasteiger partial charge is 0.379 e. The van der Waals surface area contributed by atoms with Crippen LogP contribution in [0.25, 0.3) is 0 Å². The Balaban J connectivity index is 1.84. The average molecular weight is 346 g/mol. The van der Waals surface area contributed by atoms with Crippen molar-refractivity contribution in [1.29, 1.82) is 0 Å². The van der Waals surface area contributed by atoms with Gasteiger partial charge in [-0.2, -0.15) is 0 Å². The van der Waals surface area contributed by atoms with Gasteiger partial charge in [0.2, 0.25) is 5.91 Å². The fourth-order valence-corrected chi connectivity index (χ4v) is 5.20. The van der Waals surface area contributed by atoms with Gasteiger partial charge in [0.15, 0.2) is 9.84 Å². The van der Waals surface area contributed by atoms with E-state index < -0.39 is 9.84 Å². The van der Waals surface area contributed by atoms with Crippen LogP contribution in [0.3, 0.4) is 0 Å². The molecule has 2 rings (SSSR count). The fraction of sp³-hybridized carbons (Fsp3) is 0.938. The van der Waals surface area contributed by atoms with E-state index in [9.17, 15) is 13.2 Å². The van der Waals surface area contributed by atoms with E-state index in [-0.39, 0.29) is 29.8 Å². The van der Waals surface area contributed by atoms with E-state index in [2.05, 4.69) is 11.8 Å². The Kier molecular flexibility index (Phi) is 6.45. The Hall–Kier alpha value is -0.660. The van der Waals surface area contributed by atoms with E-state index in [0.717, 1.165) is 32.8 Å². The molecular weight excluding hydrogens is 316 g/mol. The molecule has 0 spiro atoms. The first-order chi connectivity index (χ1) is 10.8. The molecule has 0 aliphatic carbocycles. The summed E-state index contributed by atoms with van der Waals surface area (Å²) in [7, 11) is -3.13. The van der Waals surface area contributed by atoms with Gasteiger partial charge in [0.25, 0.3) is 0 Å². The smallest absolute Gasteiger partial charge is 0.223 e. The first-order valence-electron chi connectivity index (χ1n) is 8.58. The summed E-state index contributed by atoms with van der Waals surface area (Å²) in [5.41, 5.74) is 0. The summed E-state index contributed by atoms with van der Waals surface area (Å²) < 4.78 is 29.3. The van der Waals surface area contributed by atoms with Gasteiger partial charge < -0.3 is 9.64 Å². The Bertz CT molecular complexity index is 500. The van der Waals surface area contributed by atoms with E-state index in [1.54, 1.807) is 0 Å². The lowest BCUT2D eigenvalue weighted by molar-refractivity contribution is -0.130. The Labute approximate surface area is 140 Å². The summed E-state index contributed by atoms with van der Waals surface area (Å²) in [5.74, 6) is 0.626. The summed E-state index contributed by atoms with van der Waals surface area (Å²) in [6, 6.07) is 0.370. The third-order valence-electron chi connectivity index (χ3n) is 4.65. The highest BCUT2D eigenvalue weighted by atomic mass is 32.2. The van der Waals surface area contributed by atoms with E-state index >= 15 is 0 Å². The van der Waals surface area contributed by atoms with Crippen molar-refractivity contribution in [3.05, 3.63) is 0 Å². The molecule has 0 aromatic rings. The number of sulfone groups is 1. The van der Waals surface area contributed by atoms with Crippen LogP contribution in [0.2, 0.25) is 0 Å². The number of hydrogen-bond donors (Lipinski definition) is 0. The lowest BCUT2D eigenvalue weighted by Gasteiger charge is -2.34. The summed E-state index contributed by atoms with van der Waals surface area (Å²) >= 11 is 0. The molecule has 7 heteroatoms. The molecule has 0 bridgehead atoms. The minimum atomic E-state index is -3.13. The number of nitrogens with zero attached hydrogens (tertiary/aromatic N) is 2. The number of rotatable bonds is 6. The van der Waals surface area contributed by atoms with Gasteiger partial charge in [0.1, 0.15) is 0 Å². The highest BCUT2D eigenvalue weighted by Gasteiger charge is 2.36. The minimum absolute atomic E-state index is 0.0278. The molecule has 2 aliphatic rings. The zero-order chi connectivity index (χ0) is 17.0. The van der Waals surface area contributed by atoms with Gasteiger partial charge in [0.05, 0.1) is 24.7 Å². The number of carbonyl (C=O) groups excluding carboxylic acids is 1. The van der Waals surface area contributed by atoms with Gasteiger partial charge in [-0.05, 0) is 11.8 Å². The van der Waals surface area contributed by atoms with E-state index in [1.165, 1.54) is 0 Å². The topological polar surface area (TPSA) is 66.9 Å². The van der Waals surface area contributed by atoms with Crippen molar-refractivity contribution in [3.63, 3.8) is 0 Å². The zero-order valence-corrected chi connectivity index (χ0v) is 15.3. The lowest BCUT2D eigenvalue weighted by Crippen LogP contribution is -2.47. The third kappa shape index (κ3) is 5.43. The van der Waals surface area contributed by atoms with Crippen molar-refractivity contribution < 1.29 is 17.9 Å². The number of carbonyl (C=O) groups is 1. The molecule has 2 fully saturated rings. The van der Waals surface area contributed by atoms with Crippen LogP contribution in [0.1, 0.15) is 27.2 Å². The number of morpholine rings is 1.